The fourth-order valence-corrected chi connectivity index (χ4v) is 4.55. The summed E-state index contributed by atoms with van der Waals surface area (Å²) >= 11 is -1.33. The highest BCUT2D eigenvalue weighted by Crippen LogP contribution is 2.46. The molecule has 1 aliphatic heterocycles. The number of nitrogens with one attached hydrogen (secondary N) is 1. The smallest absolute Gasteiger partial charge is 0.140 e. The van der Waals surface area contributed by atoms with Crippen LogP contribution in [0.25, 0.3) is 0 Å². The van der Waals surface area contributed by atoms with Crippen LogP contribution in [-0.4, -0.2) is 21.9 Å². The van der Waals surface area contributed by atoms with Gasteiger partial charge in [0, 0.05) is 23.8 Å². The van der Waals surface area contributed by atoms with E-state index in [1.807, 2.05) is 19.9 Å². The lowest BCUT2D eigenvalue weighted by atomic mass is 9.72. The summed E-state index contributed by atoms with van der Waals surface area (Å²) in [6, 6.07) is 5.74. The van der Waals surface area contributed by atoms with Crippen molar-refractivity contribution in [2.75, 3.05) is 6.54 Å². The molecule has 3 nitrogen and oxygen atoms in total. The van der Waals surface area contributed by atoms with E-state index in [9.17, 15) is 8.94 Å². The van der Waals surface area contributed by atoms with Crippen molar-refractivity contribution in [2.45, 2.75) is 56.7 Å². The predicted molar refractivity (Wildman–Crippen MR) is 88.3 cm³/mol. The molecule has 1 aromatic carbocycles. The van der Waals surface area contributed by atoms with E-state index in [1.165, 1.54) is 5.56 Å². The Morgan fingerprint density at radius 3 is 2.91 bits per heavy atom. The molecule has 3 rings (SSSR count). The van der Waals surface area contributed by atoms with Crippen molar-refractivity contribution >= 4 is 11.4 Å². The summed E-state index contributed by atoms with van der Waals surface area (Å²) in [7, 11) is 0. The zero-order chi connectivity index (χ0) is 16.0. The van der Waals surface area contributed by atoms with Crippen molar-refractivity contribution in [2.24, 2.45) is 10.6 Å². The Bertz CT molecular complexity index is 564. The van der Waals surface area contributed by atoms with E-state index in [0.29, 0.717) is 6.04 Å². The summed E-state index contributed by atoms with van der Waals surface area (Å²) in [4.78, 5) is 0. The van der Waals surface area contributed by atoms with Gasteiger partial charge in [0.25, 0.3) is 0 Å². The Morgan fingerprint density at radius 2 is 2.23 bits per heavy atom. The molecule has 0 saturated carbocycles. The molecule has 5 heteroatoms. The minimum absolute atomic E-state index is 0.0622. The summed E-state index contributed by atoms with van der Waals surface area (Å²) in [5.41, 5.74) is 2.24. The lowest BCUT2D eigenvalue weighted by Crippen LogP contribution is -2.50. The van der Waals surface area contributed by atoms with Gasteiger partial charge >= 0.3 is 0 Å². The minimum atomic E-state index is -1.33. The van der Waals surface area contributed by atoms with Crippen LogP contribution in [0.15, 0.2) is 18.2 Å². The van der Waals surface area contributed by atoms with Crippen LogP contribution in [0.3, 0.4) is 0 Å². The third-order valence-electron chi connectivity index (χ3n) is 5.38. The molecule has 2 aliphatic rings. The number of fused-ring (bicyclic) bond motifs is 1. The second-order valence-corrected chi connectivity index (χ2v) is 9.30. The van der Waals surface area contributed by atoms with Gasteiger partial charge in [0.15, 0.2) is 0 Å². The first kappa shape index (κ1) is 16.2. The average Bonchev–Trinajstić information content (AvgIpc) is 2.77. The molecule has 0 bridgehead atoms. The van der Waals surface area contributed by atoms with Gasteiger partial charge in [-0.25, -0.2) is 4.39 Å². The van der Waals surface area contributed by atoms with Gasteiger partial charge < -0.3 is 9.87 Å². The first-order chi connectivity index (χ1) is 10.3. The van der Waals surface area contributed by atoms with Crippen molar-refractivity contribution in [1.29, 1.82) is 0 Å². The van der Waals surface area contributed by atoms with E-state index in [-0.39, 0.29) is 11.2 Å². The zero-order valence-electron chi connectivity index (χ0n) is 13.3. The zero-order valence-corrected chi connectivity index (χ0v) is 14.1. The first-order valence-corrected chi connectivity index (χ1v) is 9.19. The molecule has 3 N–H and O–H groups in total. The van der Waals surface area contributed by atoms with Gasteiger partial charge in [-0.1, -0.05) is 12.1 Å². The molecular weight excluding hydrogens is 299 g/mol. The number of benzene rings is 1. The van der Waals surface area contributed by atoms with Crippen molar-refractivity contribution < 1.29 is 8.94 Å². The largest absolute Gasteiger partial charge is 0.598 e. The van der Waals surface area contributed by atoms with Crippen molar-refractivity contribution in [3.8, 4) is 0 Å². The molecule has 3 atom stereocenters. The van der Waals surface area contributed by atoms with Crippen molar-refractivity contribution in [3.05, 3.63) is 35.1 Å². The summed E-state index contributed by atoms with van der Waals surface area (Å²) in [6.07, 6.45) is 4.66. The third kappa shape index (κ3) is 3.04. The predicted octanol–water partition coefficient (Wildman–Crippen LogP) is 2.45. The van der Waals surface area contributed by atoms with E-state index < -0.39 is 16.1 Å². The van der Waals surface area contributed by atoms with Gasteiger partial charge in [0.2, 0.25) is 0 Å². The molecule has 1 saturated heterocycles. The molecule has 22 heavy (non-hydrogen) atoms. The summed E-state index contributed by atoms with van der Waals surface area (Å²) in [6.45, 7) is 4.85. The Kier molecular flexibility index (Phi) is 4.27. The SMILES string of the molecule is CC(C)(CC1CC2(CCN1)Cc1cccc(F)c1C2)[S+](N)[O-]. The number of hydrogen-bond acceptors (Lipinski definition) is 3. The number of rotatable bonds is 3. The second-order valence-electron chi connectivity index (χ2n) is 7.60. The summed E-state index contributed by atoms with van der Waals surface area (Å²) < 4.78 is 25.3. The standard InChI is InChI=1S/C17H25FN2OS/c1-16(2,22(19)21)9-13-10-17(6-7-20-13)8-12-4-3-5-15(18)14(12)11-17/h3-5,13,20H,6-11,19H2,1-2H3. The highest BCUT2D eigenvalue weighted by molar-refractivity contribution is 7.90. The molecule has 1 spiro atoms. The van der Waals surface area contributed by atoms with E-state index in [1.54, 1.807) is 6.07 Å². The molecule has 1 fully saturated rings. The topological polar surface area (TPSA) is 61.1 Å². The van der Waals surface area contributed by atoms with Crippen LogP contribution in [0, 0.1) is 11.2 Å². The molecule has 1 aromatic rings. The molecule has 0 aromatic heterocycles. The Balaban J connectivity index is 1.74. The van der Waals surface area contributed by atoms with E-state index >= 15 is 0 Å². The molecule has 1 heterocycles. The Hall–Kier alpha value is -0.620. The second kappa shape index (κ2) is 5.78. The van der Waals surface area contributed by atoms with Gasteiger partial charge in [-0.2, -0.15) is 5.14 Å². The lowest BCUT2D eigenvalue weighted by Gasteiger charge is -2.41. The average molecular weight is 324 g/mol. The number of halogens is 1. The van der Waals surface area contributed by atoms with Crippen molar-refractivity contribution in [1.82, 2.24) is 5.32 Å². The van der Waals surface area contributed by atoms with Crippen LogP contribution in [0.2, 0.25) is 0 Å². The summed E-state index contributed by atoms with van der Waals surface area (Å²) in [5.74, 6) is -0.0622. The van der Waals surface area contributed by atoms with Gasteiger partial charge in [-0.15, -0.1) is 0 Å². The monoisotopic (exact) mass is 324 g/mol. The first-order valence-electron chi connectivity index (χ1n) is 7.97. The van der Waals surface area contributed by atoms with Crippen molar-refractivity contribution in [3.63, 3.8) is 0 Å². The molecule has 0 radical (unpaired) electrons. The minimum Gasteiger partial charge on any atom is -0.598 e. The van der Waals surface area contributed by atoms with E-state index in [0.717, 1.165) is 44.2 Å². The molecular formula is C17H25FN2OS. The van der Waals surface area contributed by atoms with Crippen LogP contribution in [0.1, 0.15) is 44.2 Å². The van der Waals surface area contributed by atoms with Gasteiger partial charge in [-0.05, 0) is 68.7 Å². The van der Waals surface area contributed by atoms with Crippen LogP contribution in [-0.2, 0) is 24.2 Å². The van der Waals surface area contributed by atoms with Crippen LogP contribution >= 0.6 is 0 Å². The fraction of sp³-hybridized carbons (Fsp3) is 0.647. The number of nitrogens with two attached hydrogens (primary N) is 1. The molecule has 3 unspecified atom stereocenters. The van der Waals surface area contributed by atoms with Gasteiger partial charge in [-0.3, -0.25) is 0 Å². The van der Waals surface area contributed by atoms with Crippen LogP contribution < -0.4 is 10.5 Å². The lowest BCUT2D eigenvalue weighted by molar-refractivity contribution is 0.163. The maximum atomic E-state index is 14.0. The fourth-order valence-electron chi connectivity index (χ4n) is 4.19. The summed E-state index contributed by atoms with van der Waals surface area (Å²) in [5, 5.41) is 9.15. The molecule has 0 amide bonds. The highest BCUT2D eigenvalue weighted by atomic mass is 32.2. The van der Waals surface area contributed by atoms with Gasteiger partial charge in [0.05, 0.1) is 0 Å². The Morgan fingerprint density at radius 1 is 1.45 bits per heavy atom. The maximum absolute atomic E-state index is 14.0. The van der Waals surface area contributed by atoms with Crippen LogP contribution in [0.4, 0.5) is 4.39 Å². The highest BCUT2D eigenvalue weighted by Gasteiger charge is 2.44. The van der Waals surface area contributed by atoms with E-state index in [4.69, 9.17) is 5.14 Å². The number of piperidine rings is 1. The van der Waals surface area contributed by atoms with E-state index in [2.05, 4.69) is 11.4 Å². The Labute approximate surface area is 135 Å². The normalized spacial score (nSPS) is 29.6. The molecule has 1 aliphatic carbocycles. The third-order valence-corrected chi connectivity index (χ3v) is 6.64. The molecule has 122 valence electrons. The maximum Gasteiger partial charge on any atom is 0.140 e. The number of hydrogen-bond donors (Lipinski definition) is 2. The quantitative estimate of drug-likeness (QED) is 0.840. The van der Waals surface area contributed by atoms with Crippen LogP contribution in [0.5, 0.6) is 0 Å². The van der Waals surface area contributed by atoms with Gasteiger partial charge in [0.1, 0.15) is 10.6 Å².